The van der Waals surface area contributed by atoms with Crippen molar-refractivity contribution in [2.75, 3.05) is 0 Å². The largest absolute Gasteiger partial charge is 0.318 e. The highest BCUT2D eigenvalue weighted by Crippen LogP contribution is 2.22. The van der Waals surface area contributed by atoms with E-state index in [-0.39, 0.29) is 5.82 Å². The summed E-state index contributed by atoms with van der Waals surface area (Å²) in [6.45, 7) is 8.25. The van der Waals surface area contributed by atoms with Crippen LogP contribution in [0.2, 0.25) is 0 Å². The van der Waals surface area contributed by atoms with E-state index in [1.165, 1.54) is 23.3 Å². The third-order valence-corrected chi connectivity index (χ3v) is 4.25. The van der Waals surface area contributed by atoms with E-state index in [0.29, 0.717) is 0 Å². The first-order valence-electron chi connectivity index (χ1n) is 8.02. The van der Waals surface area contributed by atoms with Gasteiger partial charge in [-0.1, -0.05) is 17.7 Å². The van der Waals surface area contributed by atoms with Crippen molar-refractivity contribution in [3.63, 3.8) is 0 Å². The Morgan fingerprint density at radius 3 is 2.29 bits per heavy atom. The van der Waals surface area contributed by atoms with Crippen molar-refractivity contribution in [3.05, 3.63) is 82.4 Å². The van der Waals surface area contributed by atoms with Crippen molar-refractivity contribution in [2.24, 2.45) is 4.99 Å². The molecule has 0 aliphatic heterocycles. The predicted octanol–water partition coefficient (Wildman–Crippen LogP) is 5.60. The number of aromatic nitrogens is 1. The van der Waals surface area contributed by atoms with E-state index >= 15 is 0 Å². The van der Waals surface area contributed by atoms with Gasteiger partial charge in [0.25, 0.3) is 0 Å². The van der Waals surface area contributed by atoms with E-state index in [1.54, 1.807) is 12.1 Å². The Labute approximate surface area is 142 Å². The summed E-state index contributed by atoms with van der Waals surface area (Å²) >= 11 is 0. The van der Waals surface area contributed by atoms with Gasteiger partial charge in [-0.15, -0.1) is 0 Å². The molecule has 2 aromatic carbocycles. The number of rotatable bonds is 3. The molecule has 3 heteroatoms. The molecule has 0 aliphatic rings. The summed E-state index contributed by atoms with van der Waals surface area (Å²) in [5.74, 6) is -0.224. The monoisotopic (exact) mass is 320 g/mol. The molecule has 1 heterocycles. The minimum atomic E-state index is -0.224. The fourth-order valence-electron chi connectivity index (χ4n) is 3.00. The van der Waals surface area contributed by atoms with E-state index in [9.17, 15) is 4.39 Å². The third kappa shape index (κ3) is 3.16. The maximum Gasteiger partial charge on any atom is 0.123 e. The maximum atomic E-state index is 13.2. The summed E-state index contributed by atoms with van der Waals surface area (Å²) < 4.78 is 15.3. The van der Waals surface area contributed by atoms with Gasteiger partial charge in [0, 0.05) is 28.9 Å². The molecule has 122 valence electrons. The van der Waals surface area contributed by atoms with Gasteiger partial charge in [-0.25, -0.2) is 4.39 Å². The van der Waals surface area contributed by atoms with Crippen LogP contribution in [0.5, 0.6) is 0 Å². The quantitative estimate of drug-likeness (QED) is 0.559. The van der Waals surface area contributed by atoms with Crippen LogP contribution < -0.4 is 0 Å². The molecule has 3 rings (SSSR count). The average Bonchev–Trinajstić information content (AvgIpc) is 2.82. The molecule has 0 saturated carbocycles. The minimum absolute atomic E-state index is 0.224. The van der Waals surface area contributed by atoms with Gasteiger partial charge < -0.3 is 4.57 Å². The van der Waals surface area contributed by atoms with Crippen LogP contribution in [0.25, 0.3) is 5.69 Å². The second kappa shape index (κ2) is 6.44. The van der Waals surface area contributed by atoms with Crippen molar-refractivity contribution >= 4 is 11.9 Å². The molecule has 2 nitrogen and oxygen atoms in total. The van der Waals surface area contributed by atoms with Crippen LogP contribution in [0.4, 0.5) is 10.1 Å². The molecular weight excluding hydrogens is 299 g/mol. The Hall–Kier alpha value is -2.68. The highest BCUT2D eigenvalue weighted by atomic mass is 19.1. The molecule has 0 radical (unpaired) electrons. The fourth-order valence-corrected chi connectivity index (χ4v) is 3.00. The lowest BCUT2D eigenvalue weighted by molar-refractivity contribution is 0.627. The lowest BCUT2D eigenvalue weighted by Crippen LogP contribution is -1.99. The minimum Gasteiger partial charge on any atom is -0.318 e. The van der Waals surface area contributed by atoms with Gasteiger partial charge in [-0.3, -0.25) is 4.99 Å². The fraction of sp³-hybridized carbons (Fsp3) is 0.190. The van der Waals surface area contributed by atoms with E-state index in [1.807, 2.05) is 19.2 Å². The number of nitrogens with zero attached hydrogens (tertiary/aromatic N) is 2. The molecule has 3 aromatic rings. The van der Waals surface area contributed by atoms with Gasteiger partial charge in [-0.2, -0.15) is 0 Å². The van der Waals surface area contributed by atoms with Gasteiger partial charge in [0.15, 0.2) is 0 Å². The molecule has 0 bridgehead atoms. The summed E-state index contributed by atoms with van der Waals surface area (Å²) in [6.07, 6.45) is 1.90. The Bertz CT molecular complexity index is 902. The molecule has 0 spiro atoms. The number of hydrogen-bond acceptors (Lipinski definition) is 1. The van der Waals surface area contributed by atoms with Crippen LogP contribution in [0.1, 0.15) is 28.1 Å². The second-order valence-electron chi connectivity index (χ2n) is 6.19. The number of aliphatic imine (C=N–C) groups is 1. The zero-order chi connectivity index (χ0) is 17.3. The van der Waals surface area contributed by atoms with Crippen LogP contribution in [-0.4, -0.2) is 10.8 Å². The van der Waals surface area contributed by atoms with Crippen LogP contribution in [0, 0.1) is 33.5 Å². The van der Waals surface area contributed by atoms with Crippen molar-refractivity contribution in [1.29, 1.82) is 0 Å². The topological polar surface area (TPSA) is 17.3 Å². The van der Waals surface area contributed by atoms with Gasteiger partial charge in [0.1, 0.15) is 5.82 Å². The van der Waals surface area contributed by atoms with Crippen molar-refractivity contribution in [1.82, 2.24) is 4.57 Å². The standard InChI is InChI=1S/C21H21FN2/c1-14-5-10-21(15(2)11-14)23-13-18-12-16(3)24(17(18)4)20-8-6-19(22)7-9-20/h5-13H,1-4H3. The molecule has 0 N–H and O–H groups in total. The van der Waals surface area contributed by atoms with Gasteiger partial charge in [0.05, 0.1) is 5.69 Å². The van der Waals surface area contributed by atoms with Crippen LogP contribution in [0.3, 0.4) is 0 Å². The number of hydrogen-bond donors (Lipinski definition) is 0. The summed E-state index contributed by atoms with van der Waals surface area (Å²) in [5.41, 5.74) is 7.59. The molecule has 0 saturated heterocycles. The van der Waals surface area contributed by atoms with Crippen molar-refractivity contribution in [3.8, 4) is 5.69 Å². The smallest absolute Gasteiger partial charge is 0.123 e. The van der Waals surface area contributed by atoms with E-state index in [2.05, 4.69) is 48.5 Å². The Morgan fingerprint density at radius 2 is 1.62 bits per heavy atom. The second-order valence-corrected chi connectivity index (χ2v) is 6.19. The highest BCUT2D eigenvalue weighted by molar-refractivity contribution is 5.84. The molecule has 24 heavy (non-hydrogen) atoms. The third-order valence-electron chi connectivity index (χ3n) is 4.25. The summed E-state index contributed by atoms with van der Waals surface area (Å²) in [6, 6.07) is 14.9. The summed E-state index contributed by atoms with van der Waals surface area (Å²) in [7, 11) is 0. The first kappa shape index (κ1) is 16.2. The number of aryl methyl sites for hydroxylation is 3. The van der Waals surface area contributed by atoms with Crippen molar-refractivity contribution < 1.29 is 4.39 Å². The normalized spacial score (nSPS) is 11.4. The zero-order valence-corrected chi connectivity index (χ0v) is 14.5. The molecule has 0 unspecified atom stereocenters. The van der Waals surface area contributed by atoms with Gasteiger partial charge in [-0.05, 0) is 69.7 Å². The number of benzene rings is 2. The van der Waals surface area contributed by atoms with Gasteiger partial charge >= 0.3 is 0 Å². The molecule has 0 amide bonds. The Morgan fingerprint density at radius 1 is 0.917 bits per heavy atom. The zero-order valence-electron chi connectivity index (χ0n) is 14.5. The summed E-state index contributed by atoms with van der Waals surface area (Å²) in [5, 5.41) is 0. The Kier molecular flexibility index (Phi) is 4.34. The molecule has 0 aliphatic carbocycles. The highest BCUT2D eigenvalue weighted by Gasteiger charge is 2.09. The SMILES string of the molecule is Cc1ccc(N=Cc2cc(C)n(-c3ccc(F)cc3)c2C)c(C)c1. The summed E-state index contributed by atoms with van der Waals surface area (Å²) in [4.78, 5) is 4.64. The lowest BCUT2D eigenvalue weighted by atomic mass is 10.1. The molecular formula is C21H21FN2. The molecule has 0 fully saturated rings. The van der Waals surface area contributed by atoms with Crippen LogP contribution >= 0.6 is 0 Å². The maximum absolute atomic E-state index is 13.2. The Balaban J connectivity index is 1.97. The first-order chi connectivity index (χ1) is 11.5. The van der Waals surface area contributed by atoms with E-state index < -0.39 is 0 Å². The van der Waals surface area contributed by atoms with E-state index in [0.717, 1.165) is 28.3 Å². The molecule has 0 atom stereocenters. The van der Waals surface area contributed by atoms with Crippen molar-refractivity contribution in [2.45, 2.75) is 27.7 Å². The van der Waals surface area contributed by atoms with Crippen LogP contribution in [0.15, 0.2) is 53.5 Å². The van der Waals surface area contributed by atoms with Gasteiger partial charge in [0.2, 0.25) is 0 Å². The van der Waals surface area contributed by atoms with E-state index in [4.69, 9.17) is 0 Å². The predicted molar refractivity (Wildman–Crippen MR) is 98.4 cm³/mol. The first-order valence-corrected chi connectivity index (χ1v) is 8.02. The van der Waals surface area contributed by atoms with Crippen LogP contribution in [-0.2, 0) is 0 Å². The molecule has 1 aromatic heterocycles. The lowest BCUT2D eigenvalue weighted by Gasteiger charge is -2.09. The number of halogens is 1. The average molecular weight is 320 g/mol.